The van der Waals surface area contributed by atoms with E-state index in [0.717, 1.165) is 31.0 Å². The topological polar surface area (TPSA) is 61.5 Å². The quantitative estimate of drug-likeness (QED) is 0.672. The van der Waals surface area contributed by atoms with Crippen molar-refractivity contribution in [1.82, 2.24) is 0 Å². The van der Waals surface area contributed by atoms with E-state index in [9.17, 15) is 4.79 Å². The minimum atomic E-state index is -0.336. The molecule has 0 radical (unpaired) electrons. The number of rotatable bonds is 3. The number of carbonyl (C=O) groups excluding carboxylic acids is 1. The first-order valence-electron chi connectivity index (χ1n) is 5.93. The van der Waals surface area contributed by atoms with Gasteiger partial charge in [0, 0.05) is 29.0 Å². The van der Waals surface area contributed by atoms with E-state index in [1.807, 2.05) is 12.1 Å². The summed E-state index contributed by atoms with van der Waals surface area (Å²) in [5, 5.41) is 0.491. The van der Waals surface area contributed by atoms with Gasteiger partial charge in [-0.25, -0.2) is 4.79 Å². The number of hydrogen-bond acceptors (Lipinski definition) is 5. The summed E-state index contributed by atoms with van der Waals surface area (Å²) in [5.74, 6) is -0.336. The van der Waals surface area contributed by atoms with Gasteiger partial charge in [0.15, 0.2) is 0 Å². The summed E-state index contributed by atoms with van der Waals surface area (Å²) in [7, 11) is 1.38. The Morgan fingerprint density at radius 3 is 2.83 bits per heavy atom. The van der Waals surface area contributed by atoms with Gasteiger partial charge in [-0.3, -0.25) is 0 Å². The van der Waals surface area contributed by atoms with Crippen molar-refractivity contribution in [2.24, 2.45) is 0 Å². The third kappa shape index (κ3) is 3.17. The molecule has 1 heterocycles. The van der Waals surface area contributed by atoms with Crippen LogP contribution in [0.15, 0.2) is 23.1 Å². The number of thioether (sulfide) groups is 1. The number of nitrogen functional groups attached to an aromatic ring is 1. The van der Waals surface area contributed by atoms with E-state index in [1.165, 1.54) is 7.11 Å². The highest BCUT2D eigenvalue weighted by Crippen LogP contribution is 2.33. The van der Waals surface area contributed by atoms with Crippen molar-refractivity contribution in [3.63, 3.8) is 0 Å². The Kier molecular flexibility index (Phi) is 4.49. The smallest absolute Gasteiger partial charge is 0.339 e. The van der Waals surface area contributed by atoms with Crippen molar-refractivity contribution >= 4 is 23.4 Å². The minimum absolute atomic E-state index is 0.336. The molecule has 1 aromatic carbocycles. The van der Waals surface area contributed by atoms with Gasteiger partial charge in [-0.2, -0.15) is 0 Å². The molecule has 0 atom stereocenters. The number of nitrogens with two attached hydrogens (primary N) is 1. The van der Waals surface area contributed by atoms with Crippen LogP contribution >= 0.6 is 11.8 Å². The zero-order chi connectivity index (χ0) is 13.0. The highest BCUT2D eigenvalue weighted by molar-refractivity contribution is 8.00. The van der Waals surface area contributed by atoms with Crippen LogP contribution in [0.2, 0.25) is 0 Å². The van der Waals surface area contributed by atoms with Gasteiger partial charge >= 0.3 is 5.97 Å². The summed E-state index contributed by atoms with van der Waals surface area (Å²) < 4.78 is 10.1. The molecular formula is C13H17NO3S. The van der Waals surface area contributed by atoms with Crippen LogP contribution in [-0.4, -0.2) is 31.5 Å². The molecule has 1 aromatic rings. The lowest BCUT2D eigenvalue weighted by Gasteiger charge is -2.22. The summed E-state index contributed by atoms with van der Waals surface area (Å²) in [5.41, 5.74) is 6.84. The van der Waals surface area contributed by atoms with Gasteiger partial charge in [0.05, 0.1) is 12.7 Å². The van der Waals surface area contributed by atoms with Crippen LogP contribution in [0.1, 0.15) is 23.2 Å². The second kappa shape index (κ2) is 6.11. The molecular weight excluding hydrogens is 250 g/mol. The van der Waals surface area contributed by atoms with Crippen molar-refractivity contribution in [3.8, 4) is 0 Å². The summed E-state index contributed by atoms with van der Waals surface area (Å²) >= 11 is 1.71. The molecule has 0 saturated carbocycles. The van der Waals surface area contributed by atoms with Gasteiger partial charge < -0.3 is 15.2 Å². The van der Waals surface area contributed by atoms with Gasteiger partial charge in [0.1, 0.15) is 0 Å². The first-order chi connectivity index (χ1) is 8.70. The number of esters is 1. The number of hydrogen-bond donors (Lipinski definition) is 1. The van der Waals surface area contributed by atoms with Crippen molar-refractivity contribution in [1.29, 1.82) is 0 Å². The SMILES string of the molecule is COC(=O)c1cc(N)ccc1SC1CCOCC1. The molecule has 0 aliphatic carbocycles. The van der Waals surface area contributed by atoms with Crippen LogP contribution in [0.25, 0.3) is 0 Å². The maximum absolute atomic E-state index is 11.7. The molecule has 1 fully saturated rings. The van der Waals surface area contributed by atoms with Crippen LogP contribution in [0.4, 0.5) is 5.69 Å². The summed E-state index contributed by atoms with van der Waals surface area (Å²) in [6.07, 6.45) is 2.02. The summed E-state index contributed by atoms with van der Waals surface area (Å²) in [6.45, 7) is 1.58. The van der Waals surface area contributed by atoms with Gasteiger partial charge in [0.2, 0.25) is 0 Å². The largest absolute Gasteiger partial charge is 0.465 e. The molecule has 2 rings (SSSR count). The predicted octanol–water partition coefficient (Wildman–Crippen LogP) is 2.33. The molecule has 4 nitrogen and oxygen atoms in total. The van der Waals surface area contributed by atoms with Gasteiger partial charge in [-0.1, -0.05) is 0 Å². The number of anilines is 1. The molecule has 0 spiro atoms. The molecule has 1 aliphatic heterocycles. The average Bonchev–Trinajstić information content (AvgIpc) is 2.41. The highest BCUT2D eigenvalue weighted by Gasteiger charge is 2.19. The van der Waals surface area contributed by atoms with Crippen LogP contribution in [0.3, 0.4) is 0 Å². The lowest BCUT2D eigenvalue weighted by molar-refractivity contribution is 0.0597. The third-order valence-corrected chi connectivity index (χ3v) is 4.29. The molecule has 0 bridgehead atoms. The number of methoxy groups -OCH3 is 1. The number of ether oxygens (including phenoxy) is 2. The Morgan fingerprint density at radius 1 is 1.44 bits per heavy atom. The average molecular weight is 267 g/mol. The first kappa shape index (κ1) is 13.2. The van der Waals surface area contributed by atoms with E-state index in [4.69, 9.17) is 15.2 Å². The predicted molar refractivity (Wildman–Crippen MR) is 71.9 cm³/mol. The zero-order valence-corrected chi connectivity index (χ0v) is 11.2. The van der Waals surface area contributed by atoms with E-state index in [-0.39, 0.29) is 5.97 Å². The molecule has 18 heavy (non-hydrogen) atoms. The fourth-order valence-corrected chi connectivity index (χ4v) is 3.10. The maximum Gasteiger partial charge on any atom is 0.339 e. The second-order valence-electron chi connectivity index (χ2n) is 4.18. The van der Waals surface area contributed by atoms with E-state index < -0.39 is 0 Å². The van der Waals surface area contributed by atoms with E-state index in [1.54, 1.807) is 17.8 Å². The number of benzene rings is 1. The molecule has 0 unspecified atom stereocenters. The molecule has 1 saturated heterocycles. The first-order valence-corrected chi connectivity index (χ1v) is 6.81. The molecule has 0 amide bonds. The van der Waals surface area contributed by atoms with Crippen LogP contribution in [0, 0.1) is 0 Å². The van der Waals surface area contributed by atoms with Crippen LogP contribution < -0.4 is 5.73 Å². The fourth-order valence-electron chi connectivity index (χ4n) is 1.89. The Morgan fingerprint density at radius 2 is 2.17 bits per heavy atom. The second-order valence-corrected chi connectivity index (χ2v) is 5.52. The van der Waals surface area contributed by atoms with Gasteiger partial charge in [-0.05, 0) is 31.0 Å². The molecule has 98 valence electrons. The van der Waals surface area contributed by atoms with Gasteiger partial charge in [-0.15, -0.1) is 11.8 Å². The Labute approximate surface area is 111 Å². The normalized spacial score (nSPS) is 16.5. The minimum Gasteiger partial charge on any atom is -0.465 e. The Bertz CT molecular complexity index is 430. The standard InChI is InChI=1S/C13H17NO3S/c1-16-13(15)11-8-9(14)2-3-12(11)18-10-4-6-17-7-5-10/h2-3,8,10H,4-7,14H2,1H3. The van der Waals surface area contributed by atoms with E-state index >= 15 is 0 Å². The molecule has 5 heteroatoms. The Balaban J connectivity index is 2.17. The van der Waals surface area contributed by atoms with E-state index in [2.05, 4.69) is 0 Å². The fraction of sp³-hybridized carbons (Fsp3) is 0.462. The lowest BCUT2D eigenvalue weighted by atomic mass is 10.2. The molecule has 2 N–H and O–H groups in total. The Hall–Kier alpha value is -1.20. The highest BCUT2D eigenvalue weighted by atomic mass is 32.2. The van der Waals surface area contributed by atoms with Crippen LogP contribution in [-0.2, 0) is 9.47 Å². The number of carbonyl (C=O) groups is 1. The molecule has 0 aromatic heterocycles. The monoisotopic (exact) mass is 267 g/mol. The summed E-state index contributed by atoms with van der Waals surface area (Å²) in [6, 6.07) is 5.38. The zero-order valence-electron chi connectivity index (χ0n) is 10.3. The van der Waals surface area contributed by atoms with Crippen molar-refractivity contribution in [3.05, 3.63) is 23.8 Å². The van der Waals surface area contributed by atoms with Crippen molar-refractivity contribution < 1.29 is 14.3 Å². The van der Waals surface area contributed by atoms with Crippen molar-refractivity contribution in [2.45, 2.75) is 23.0 Å². The maximum atomic E-state index is 11.7. The summed E-state index contributed by atoms with van der Waals surface area (Å²) in [4.78, 5) is 12.6. The van der Waals surface area contributed by atoms with Crippen LogP contribution in [0.5, 0.6) is 0 Å². The van der Waals surface area contributed by atoms with Crippen molar-refractivity contribution in [2.75, 3.05) is 26.1 Å². The van der Waals surface area contributed by atoms with Gasteiger partial charge in [0.25, 0.3) is 0 Å². The third-order valence-electron chi connectivity index (χ3n) is 2.87. The lowest BCUT2D eigenvalue weighted by Crippen LogP contribution is -2.18. The molecule has 1 aliphatic rings. The van der Waals surface area contributed by atoms with E-state index in [0.29, 0.717) is 16.5 Å².